The van der Waals surface area contributed by atoms with Crippen molar-refractivity contribution in [3.05, 3.63) is 53.1 Å². The first-order valence-corrected chi connectivity index (χ1v) is 7.89. The first-order valence-electron chi connectivity index (χ1n) is 7.89. The maximum atomic E-state index is 12.7. The summed E-state index contributed by atoms with van der Waals surface area (Å²) in [6.45, 7) is 2.48. The molecule has 1 heterocycles. The number of methoxy groups -OCH3 is 2. The molecule has 3 rings (SSSR count). The number of ether oxygens (including phenoxy) is 3. The summed E-state index contributed by atoms with van der Waals surface area (Å²) in [5, 5.41) is 3.08. The van der Waals surface area contributed by atoms with Crippen LogP contribution in [0.3, 0.4) is 0 Å². The number of para-hydroxylation sites is 1. The van der Waals surface area contributed by atoms with Gasteiger partial charge in [-0.1, -0.05) is 18.2 Å². The lowest BCUT2D eigenvalue weighted by Gasteiger charge is -2.26. The Morgan fingerprint density at radius 2 is 1.83 bits per heavy atom. The first kappa shape index (κ1) is 16.2. The van der Waals surface area contributed by atoms with E-state index in [4.69, 9.17) is 14.2 Å². The van der Waals surface area contributed by atoms with Gasteiger partial charge in [0.1, 0.15) is 17.2 Å². The average Bonchev–Trinajstić information content (AvgIpc) is 2.62. The Labute approximate surface area is 141 Å². The monoisotopic (exact) mass is 327 g/mol. The van der Waals surface area contributed by atoms with Crippen LogP contribution >= 0.6 is 0 Å². The van der Waals surface area contributed by atoms with Crippen molar-refractivity contribution < 1.29 is 19.0 Å². The van der Waals surface area contributed by atoms with Gasteiger partial charge in [0.05, 0.1) is 26.9 Å². The highest BCUT2D eigenvalue weighted by molar-refractivity contribution is 5.95. The number of hydrogen-bond donors (Lipinski definition) is 1. The molecular formula is C19H21NO4. The Morgan fingerprint density at radius 1 is 1.17 bits per heavy atom. The minimum atomic E-state index is -0.159. The maximum absolute atomic E-state index is 12.7. The number of carbonyl (C=O) groups excluding carboxylic acids is 1. The molecular weight excluding hydrogens is 306 g/mol. The summed E-state index contributed by atoms with van der Waals surface area (Å²) in [5.41, 5.74) is 2.38. The third-order valence-electron chi connectivity index (χ3n) is 4.28. The van der Waals surface area contributed by atoms with E-state index in [1.165, 1.54) is 0 Å². The van der Waals surface area contributed by atoms with E-state index in [0.29, 0.717) is 23.7 Å². The van der Waals surface area contributed by atoms with E-state index in [-0.39, 0.29) is 11.9 Å². The van der Waals surface area contributed by atoms with E-state index in [1.54, 1.807) is 26.4 Å². The fraction of sp³-hybridized carbons (Fsp3) is 0.316. The smallest absolute Gasteiger partial charge is 0.252 e. The van der Waals surface area contributed by atoms with E-state index in [9.17, 15) is 4.79 Å². The Balaban J connectivity index is 1.86. The van der Waals surface area contributed by atoms with Gasteiger partial charge in [0.25, 0.3) is 5.91 Å². The number of rotatable bonds is 4. The fourth-order valence-corrected chi connectivity index (χ4v) is 2.95. The van der Waals surface area contributed by atoms with Gasteiger partial charge in [0.15, 0.2) is 0 Å². The van der Waals surface area contributed by atoms with E-state index in [2.05, 4.69) is 5.32 Å². The van der Waals surface area contributed by atoms with E-state index in [0.717, 1.165) is 23.3 Å². The molecule has 1 N–H and O–H groups in total. The third kappa shape index (κ3) is 3.02. The van der Waals surface area contributed by atoms with Gasteiger partial charge in [-0.3, -0.25) is 4.79 Å². The number of amides is 1. The fourth-order valence-electron chi connectivity index (χ4n) is 2.95. The van der Waals surface area contributed by atoms with Gasteiger partial charge in [-0.2, -0.15) is 0 Å². The summed E-state index contributed by atoms with van der Waals surface area (Å²) >= 11 is 0. The summed E-state index contributed by atoms with van der Waals surface area (Å²) in [5.74, 6) is 1.93. The maximum Gasteiger partial charge on any atom is 0.252 e. The van der Waals surface area contributed by atoms with Crippen molar-refractivity contribution in [3.63, 3.8) is 0 Å². The highest BCUT2D eigenvalue weighted by Gasteiger charge is 2.24. The Kier molecular flexibility index (Phi) is 4.60. The zero-order chi connectivity index (χ0) is 17.1. The Bertz CT molecular complexity index is 732. The molecule has 0 aromatic heterocycles. The van der Waals surface area contributed by atoms with Crippen molar-refractivity contribution in [3.8, 4) is 17.2 Å². The van der Waals surface area contributed by atoms with Crippen molar-refractivity contribution in [1.82, 2.24) is 5.32 Å². The molecule has 1 amide bonds. The molecule has 5 heteroatoms. The summed E-state index contributed by atoms with van der Waals surface area (Å²) < 4.78 is 16.3. The van der Waals surface area contributed by atoms with Crippen molar-refractivity contribution in [2.45, 2.75) is 19.4 Å². The van der Waals surface area contributed by atoms with Crippen LogP contribution < -0.4 is 19.5 Å². The Hall–Kier alpha value is -2.69. The Morgan fingerprint density at radius 3 is 2.50 bits per heavy atom. The van der Waals surface area contributed by atoms with Crippen LogP contribution in [0.4, 0.5) is 0 Å². The number of hydrogen-bond acceptors (Lipinski definition) is 4. The molecule has 0 bridgehead atoms. The molecule has 2 aromatic rings. The van der Waals surface area contributed by atoms with Gasteiger partial charge < -0.3 is 19.5 Å². The zero-order valence-corrected chi connectivity index (χ0v) is 14.1. The summed E-state index contributed by atoms with van der Waals surface area (Å²) in [6, 6.07) is 11.2. The van der Waals surface area contributed by atoms with Crippen molar-refractivity contribution in [2.24, 2.45) is 0 Å². The molecule has 0 saturated carbocycles. The number of carbonyl (C=O) groups is 1. The lowest BCUT2D eigenvalue weighted by molar-refractivity contribution is 0.0924. The van der Waals surface area contributed by atoms with Crippen LogP contribution in [0.15, 0.2) is 36.4 Å². The van der Waals surface area contributed by atoms with Crippen LogP contribution in [0.25, 0.3) is 0 Å². The van der Waals surface area contributed by atoms with Gasteiger partial charge in [0, 0.05) is 23.1 Å². The lowest BCUT2D eigenvalue weighted by Crippen LogP contribution is -2.32. The molecule has 24 heavy (non-hydrogen) atoms. The second kappa shape index (κ2) is 6.83. The minimum absolute atomic E-state index is 0.0688. The SMILES string of the molecule is COc1cc(C(=O)N[C@@H]2CCOc3ccccc32)cc(OC)c1C. The van der Waals surface area contributed by atoms with Gasteiger partial charge in [-0.05, 0) is 25.1 Å². The van der Waals surface area contributed by atoms with Crippen LogP contribution in [0, 0.1) is 6.92 Å². The van der Waals surface area contributed by atoms with Crippen molar-refractivity contribution in [2.75, 3.05) is 20.8 Å². The zero-order valence-electron chi connectivity index (χ0n) is 14.1. The van der Waals surface area contributed by atoms with Crippen molar-refractivity contribution in [1.29, 1.82) is 0 Å². The molecule has 126 valence electrons. The topological polar surface area (TPSA) is 56.8 Å². The predicted octanol–water partition coefficient (Wildman–Crippen LogP) is 3.27. The van der Waals surface area contributed by atoms with E-state index < -0.39 is 0 Å². The number of fused-ring (bicyclic) bond motifs is 1. The molecule has 0 fully saturated rings. The predicted molar refractivity (Wildman–Crippen MR) is 91.0 cm³/mol. The standard InChI is InChI=1S/C19H21NO4/c1-12-17(22-2)10-13(11-18(12)23-3)19(21)20-15-8-9-24-16-7-5-4-6-14(15)16/h4-7,10-11,15H,8-9H2,1-3H3,(H,20,21)/t15-/m1/s1. The lowest BCUT2D eigenvalue weighted by atomic mass is 10.00. The van der Waals surface area contributed by atoms with Crippen molar-refractivity contribution >= 4 is 5.91 Å². The summed E-state index contributed by atoms with van der Waals surface area (Å²) in [6.07, 6.45) is 0.739. The van der Waals surface area contributed by atoms with Crippen LogP contribution in [-0.2, 0) is 0 Å². The van der Waals surface area contributed by atoms with Gasteiger partial charge in [-0.15, -0.1) is 0 Å². The largest absolute Gasteiger partial charge is 0.496 e. The normalized spacial score (nSPS) is 15.9. The second-order valence-corrected chi connectivity index (χ2v) is 5.71. The van der Waals surface area contributed by atoms with Crippen LogP contribution in [-0.4, -0.2) is 26.7 Å². The molecule has 0 spiro atoms. The molecule has 1 aliphatic heterocycles. The number of benzene rings is 2. The average molecular weight is 327 g/mol. The molecule has 0 aliphatic carbocycles. The molecule has 2 aromatic carbocycles. The quantitative estimate of drug-likeness (QED) is 0.936. The minimum Gasteiger partial charge on any atom is -0.496 e. The number of nitrogens with one attached hydrogen (secondary N) is 1. The molecule has 1 aliphatic rings. The van der Waals surface area contributed by atoms with E-state index >= 15 is 0 Å². The summed E-state index contributed by atoms with van der Waals surface area (Å²) in [7, 11) is 3.16. The van der Waals surface area contributed by atoms with Crippen LogP contribution in [0.2, 0.25) is 0 Å². The summed E-state index contributed by atoms with van der Waals surface area (Å²) in [4.78, 5) is 12.7. The van der Waals surface area contributed by atoms with Gasteiger partial charge in [0.2, 0.25) is 0 Å². The molecule has 5 nitrogen and oxygen atoms in total. The van der Waals surface area contributed by atoms with Crippen LogP contribution in [0.5, 0.6) is 17.2 Å². The van der Waals surface area contributed by atoms with Gasteiger partial charge >= 0.3 is 0 Å². The highest BCUT2D eigenvalue weighted by Crippen LogP contribution is 2.33. The van der Waals surface area contributed by atoms with Crippen LogP contribution in [0.1, 0.15) is 33.9 Å². The molecule has 0 unspecified atom stereocenters. The molecule has 0 saturated heterocycles. The van der Waals surface area contributed by atoms with Gasteiger partial charge in [-0.25, -0.2) is 0 Å². The van der Waals surface area contributed by atoms with E-state index in [1.807, 2.05) is 31.2 Å². The highest BCUT2D eigenvalue weighted by atomic mass is 16.5. The molecule has 0 radical (unpaired) electrons. The second-order valence-electron chi connectivity index (χ2n) is 5.71. The third-order valence-corrected chi connectivity index (χ3v) is 4.28. The molecule has 1 atom stereocenters. The first-order chi connectivity index (χ1) is 11.6.